The highest BCUT2D eigenvalue weighted by molar-refractivity contribution is 5.64. The van der Waals surface area contributed by atoms with Crippen molar-refractivity contribution in [3.05, 3.63) is 29.8 Å². The van der Waals surface area contributed by atoms with Crippen LogP contribution in [0, 0.1) is 5.92 Å². The summed E-state index contributed by atoms with van der Waals surface area (Å²) in [7, 11) is 0. The molecule has 0 aromatic heterocycles. The molecule has 1 rings (SSSR count). The van der Waals surface area contributed by atoms with Gasteiger partial charge in [-0.05, 0) is 36.5 Å². The maximum atomic E-state index is 11.1. The van der Waals surface area contributed by atoms with Gasteiger partial charge in [0.05, 0.1) is 5.54 Å². The van der Waals surface area contributed by atoms with Gasteiger partial charge < -0.3 is 15.6 Å². The molecule has 88 valence electrons. The highest BCUT2D eigenvalue weighted by Gasteiger charge is 2.25. The maximum absolute atomic E-state index is 11.1. The van der Waals surface area contributed by atoms with Gasteiger partial charge in [0.2, 0.25) is 0 Å². The van der Waals surface area contributed by atoms with Crippen molar-refractivity contribution < 1.29 is 9.90 Å². The Morgan fingerprint density at radius 2 is 1.94 bits per heavy atom. The lowest BCUT2D eigenvalue weighted by atomic mass is 9.85. The Kier molecular flexibility index (Phi) is 4.07. The van der Waals surface area contributed by atoms with Crippen LogP contribution in [0.4, 0.5) is 0 Å². The Hall–Kier alpha value is -1.35. The SMILES string of the molecule is CC(C)CC(N)(C=O)Cc1ccc(O)cc1. The number of nitrogens with two attached hydrogens (primary N) is 1. The lowest BCUT2D eigenvalue weighted by molar-refractivity contribution is -0.112. The van der Waals surface area contributed by atoms with Crippen LogP contribution in [0.2, 0.25) is 0 Å². The van der Waals surface area contributed by atoms with Crippen LogP contribution in [0.3, 0.4) is 0 Å². The topological polar surface area (TPSA) is 63.3 Å². The van der Waals surface area contributed by atoms with Crippen LogP contribution >= 0.6 is 0 Å². The van der Waals surface area contributed by atoms with E-state index in [1.807, 2.05) is 13.8 Å². The largest absolute Gasteiger partial charge is 0.508 e. The monoisotopic (exact) mass is 221 g/mol. The van der Waals surface area contributed by atoms with Gasteiger partial charge in [0.1, 0.15) is 12.0 Å². The second-order valence-electron chi connectivity index (χ2n) is 4.79. The van der Waals surface area contributed by atoms with Gasteiger partial charge in [0.25, 0.3) is 0 Å². The van der Waals surface area contributed by atoms with E-state index in [1.54, 1.807) is 24.3 Å². The molecule has 0 aliphatic rings. The fourth-order valence-corrected chi connectivity index (χ4v) is 1.92. The fourth-order valence-electron chi connectivity index (χ4n) is 1.92. The fraction of sp³-hybridized carbons (Fsp3) is 0.462. The van der Waals surface area contributed by atoms with Crippen molar-refractivity contribution in [2.75, 3.05) is 0 Å². The molecule has 0 bridgehead atoms. The number of phenolic OH excluding ortho intramolecular Hbond substituents is 1. The number of rotatable bonds is 5. The molecule has 0 amide bonds. The molecule has 0 radical (unpaired) electrons. The molecule has 0 fully saturated rings. The molecule has 3 nitrogen and oxygen atoms in total. The van der Waals surface area contributed by atoms with Gasteiger partial charge in [-0.3, -0.25) is 0 Å². The Morgan fingerprint density at radius 1 is 1.38 bits per heavy atom. The van der Waals surface area contributed by atoms with Crippen LogP contribution in [0.1, 0.15) is 25.8 Å². The highest BCUT2D eigenvalue weighted by atomic mass is 16.3. The first-order chi connectivity index (χ1) is 7.45. The second-order valence-corrected chi connectivity index (χ2v) is 4.79. The number of carbonyl (C=O) groups excluding carboxylic acids is 1. The second kappa shape index (κ2) is 5.12. The third kappa shape index (κ3) is 3.66. The Bertz CT molecular complexity index is 345. The summed E-state index contributed by atoms with van der Waals surface area (Å²) in [5.74, 6) is 0.605. The molecule has 0 aliphatic carbocycles. The summed E-state index contributed by atoms with van der Waals surface area (Å²) in [5.41, 5.74) is 6.20. The molecule has 3 N–H and O–H groups in total. The summed E-state index contributed by atoms with van der Waals surface area (Å²) in [6.07, 6.45) is 2.01. The number of hydrogen-bond donors (Lipinski definition) is 2. The molecule has 16 heavy (non-hydrogen) atoms. The number of hydrogen-bond acceptors (Lipinski definition) is 3. The van der Waals surface area contributed by atoms with E-state index in [0.717, 1.165) is 11.8 Å². The van der Waals surface area contributed by atoms with Crippen molar-refractivity contribution >= 4 is 6.29 Å². The first kappa shape index (κ1) is 12.7. The number of aromatic hydroxyl groups is 1. The minimum atomic E-state index is -0.800. The molecular formula is C13H19NO2. The highest BCUT2D eigenvalue weighted by Crippen LogP contribution is 2.19. The summed E-state index contributed by atoms with van der Waals surface area (Å²) in [5, 5.41) is 9.16. The molecule has 0 spiro atoms. The third-order valence-corrected chi connectivity index (χ3v) is 2.49. The van der Waals surface area contributed by atoms with E-state index in [1.165, 1.54) is 0 Å². The van der Waals surface area contributed by atoms with Gasteiger partial charge in [-0.25, -0.2) is 0 Å². The van der Waals surface area contributed by atoms with Gasteiger partial charge in [-0.1, -0.05) is 26.0 Å². The molecular weight excluding hydrogens is 202 g/mol. The molecule has 1 aromatic rings. The Labute approximate surface area is 96.3 Å². The number of aldehydes is 1. The van der Waals surface area contributed by atoms with E-state index >= 15 is 0 Å². The van der Waals surface area contributed by atoms with Crippen LogP contribution < -0.4 is 5.73 Å². The van der Waals surface area contributed by atoms with Crippen LogP contribution in [-0.4, -0.2) is 16.9 Å². The van der Waals surface area contributed by atoms with Crippen LogP contribution in [-0.2, 0) is 11.2 Å². The first-order valence-electron chi connectivity index (χ1n) is 5.48. The zero-order chi connectivity index (χ0) is 12.2. The van der Waals surface area contributed by atoms with Crippen LogP contribution in [0.15, 0.2) is 24.3 Å². The van der Waals surface area contributed by atoms with E-state index in [-0.39, 0.29) is 5.75 Å². The minimum Gasteiger partial charge on any atom is -0.508 e. The lowest BCUT2D eigenvalue weighted by Crippen LogP contribution is -2.45. The summed E-state index contributed by atoms with van der Waals surface area (Å²) in [6.45, 7) is 4.09. The average molecular weight is 221 g/mol. The van der Waals surface area contributed by atoms with Gasteiger partial charge >= 0.3 is 0 Å². The zero-order valence-electron chi connectivity index (χ0n) is 9.81. The van der Waals surface area contributed by atoms with E-state index < -0.39 is 5.54 Å². The molecule has 0 aliphatic heterocycles. The van der Waals surface area contributed by atoms with Gasteiger partial charge in [0, 0.05) is 0 Å². The predicted octanol–water partition coefficient (Wildman–Crippen LogP) is 1.88. The standard InChI is InChI=1S/C13H19NO2/c1-10(2)7-13(14,9-15)8-11-3-5-12(16)6-4-11/h3-6,9-10,16H,7-8,14H2,1-2H3. The predicted molar refractivity (Wildman–Crippen MR) is 64.2 cm³/mol. The maximum Gasteiger partial charge on any atom is 0.140 e. The van der Waals surface area contributed by atoms with Crippen molar-refractivity contribution in [2.24, 2.45) is 11.7 Å². The molecule has 0 saturated heterocycles. The van der Waals surface area contributed by atoms with Crippen LogP contribution in [0.5, 0.6) is 5.75 Å². The van der Waals surface area contributed by atoms with Crippen molar-refractivity contribution in [2.45, 2.75) is 32.2 Å². The van der Waals surface area contributed by atoms with Gasteiger partial charge in [0.15, 0.2) is 0 Å². The summed E-state index contributed by atoms with van der Waals surface area (Å²) >= 11 is 0. The van der Waals surface area contributed by atoms with Gasteiger partial charge in [-0.15, -0.1) is 0 Å². The molecule has 0 heterocycles. The normalized spacial score (nSPS) is 14.8. The van der Waals surface area contributed by atoms with Crippen LogP contribution in [0.25, 0.3) is 0 Å². The molecule has 1 unspecified atom stereocenters. The number of benzene rings is 1. The molecule has 0 saturated carbocycles. The van der Waals surface area contributed by atoms with Gasteiger partial charge in [-0.2, -0.15) is 0 Å². The molecule has 1 aromatic carbocycles. The Morgan fingerprint density at radius 3 is 2.38 bits per heavy atom. The van der Waals surface area contributed by atoms with Crippen molar-refractivity contribution in [3.8, 4) is 5.75 Å². The zero-order valence-corrected chi connectivity index (χ0v) is 9.81. The average Bonchev–Trinajstić information content (AvgIpc) is 2.20. The number of phenols is 1. The number of carbonyl (C=O) groups is 1. The van der Waals surface area contributed by atoms with E-state index in [0.29, 0.717) is 18.8 Å². The minimum absolute atomic E-state index is 0.223. The smallest absolute Gasteiger partial charge is 0.140 e. The summed E-state index contributed by atoms with van der Waals surface area (Å²) in [6, 6.07) is 6.80. The Balaban J connectivity index is 2.76. The first-order valence-corrected chi connectivity index (χ1v) is 5.48. The lowest BCUT2D eigenvalue weighted by Gasteiger charge is -2.25. The quantitative estimate of drug-likeness (QED) is 0.746. The summed E-state index contributed by atoms with van der Waals surface area (Å²) in [4.78, 5) is 11.1. The van der Waals surface area contributed by atoms with E-state index in [9.17, 15) is 4.79 Å². The third-order valence-electron chi connectivity index (χ3n) is 2.49. The van der Waals surface area contributed by atoms with Crippen molar-refractivity contribution in [1.29, 1.82) is 0 Å². The molecule has 3 heteroatoms. The van der Waals surface area contributed by atoms with Crippen molar-refractivity contribution in [1.82, 2.24) is 0 Å². The van der Waals surface area contributed by atoms with E-state index in [2.05, 4.69) is 0 Å². The molecule has 1 atom stereocenters. The summed E-state index contributed by atoms with van der Waals surface area (Å²) < 4.78 is 0. The van der Waals surface area contributed by atoms with Crippen molar-refractivity contribution in [3.63, 3.8) is 0 Å². The van der Waals surface area contributed by atoms with E-state index in [4.69, 9.17) is 10.8 Å².